The summed E-state index contributed by atoms with van der Waals surface area (Å²) in [6.07, 6.45) is 8.73. The monoisotopic (exact) mass is 152 g/mol. The minimum Gasteiger partial charge on any atom is -0.385 e. The quantitative estimate of drug-likeness (QED) is 0.644. The summed E-state index contributed by atoms with van der Waals surface area (Å²) in [7, 11) is 0. The van der Waals surface area contributed by atoms with Gasteiger partial charge in [-0.05, 0) is 19.3 Å². The molecule has 1 N–H and O–H groups in total. The fourth-order valence-corrected chi connectivity index (χ4v) is 1.23. The predicted molar refractivity (Wildman–Crippen MR) is 47.4 cm³/mol. The molecule has 1 rings (SSSR count). The average Bonchev–Trinajstić information content (AvgIpc) is 2.06. The van der Waals surface area contributed by atoms with Crippen molar-refractivity contribution in [1.29, 1.82) is 0 Å². The van der Waals surface area contributed by atoms with Crippen LogP contribution in [0.1, 0.15) is 33.1 Å². The molecule has 1 atom stereocenters. The van der Waals surface area contributed by atoms with E-state index in [-0.39, 0.29) is 0 Å². The molecule has 0 bridgehead atoms. The van der Waals surface area contributed by atoms with Gasteiger partial charge in [0.05, 0.1) is 5.60 Å². The smallest absolute Gasteiger partial charge is 0.0862 e. The molecular formula is C10H16O. The Balaban J connectivity index is 2.63. The first-order valence-electron chi connectivity index (χ1n) is 4.31. The van der Waals surface area contributed by atoms with Crippen LogP contribution in [0.2, 0.25) is 0 Å². The standard InChI is InChI=1S/C10H16O/c1-3-9-5-7-10(11,4-2)8-6-9/h5-7,11H,3-4,8H2,1-2H3. The lowest BCUT2D eigenvalue weighted by Crippen LogP contribution is -2.25. The Hall–Kier alpha value is -0.560. The molecule has 0 fully saturated rings. The molecule has 1 nitrogen and oxygen atoms in total. The lowest BCUT2D eigenvalue weighted by atomic mass is 9.89. The Morgan fingerprint density at radius 1 is 1.55 bits per heavy atom. The second kappa shape index (κ2) is 3.22. The number of hydrogen-bond donors (Lipinski definition) is 1. The van der Waals surface area contributed by atoms with Gasteiger partial charge in [-0.3, -0.25) is 0 Å². The minimum absolute atomic E-state index is 0.557. The summed E-state index contributed by atoms with van der Waals surface area (Å²) in [5.41, 5.74) is 0.779. The number of allylic oxidation sites excluding steroid dienone is 2. The molecule has 1 aliphatic rings. The Morgan fingerprint density at radius 2 is 2.27 bits per heavy atom. The summed E-state index contributed by atoms with van der Waals surface area (Å²) in [5.74, 6) is 0. The number of aliphatic hydroxyl groups is 1. The van der Waals surface area contributed by atoms with Crippen LogP contribution in [-0.4, -0.2) is 10.7 Å². The van der Waals surface area contributed by atoms with E-state index in [1.54, 1.807) is 0 Å². The minimum atomic E-state index is -0.557. The molecule has 0 amide bonds. The molecule has 0 spiro atoms. The number of hydrogen-bond acceptors (Lipinski definition) is 1. The fourth-order valence-electron chi connectivity index (χ4n) is 1.23. The molecule has 0 saturated heterocycles. The van der Waals surface area contributed by atoms with Gasteiger partial charge in [0.25, 0.3) is 0 Å². The molecule has 1 heteroatoms. The highest BCUT2D eigenvalue weighted by Gasteiger charge is 2.21. The van der Waals surface area contributed by atoms with Gasteiger partial charge in [0.1, 0.15) is 0 Å². The second-order valence-electron chi connectivity index (χ2n) is 3.13. The van der Waals surface area contributed by atoms with Crippen LogP contribution in [0, 0.1) is 0 Å². The van der Waals surface area contributed by atoms with Crippen LogP contribution in [0.4, 0.5) is 0 Å². The third-order valence-electron chi connectivity index (χ3n) is 2.35. The van der Waals surface area contributed by atoms with Crippen LogP contribution in [0.3, 0.4) is 0 Å². The molecule has 0 aliphatic heterocycles. The van der Waals surface area contributed by atoms with Crippen molar-refractivity contribution in [3.8, 4) is 0 Å². The highest BCUT2D eigenvalue weighted by Crippen LogP contribution is 2.24. The van der Waals surface area contributed by atoms with Gasteiger partial charge in [-0.2, -0.15) is 0 Å². The van der Waals surface area contributed by atoms with Crippen molar-refractivity contribution in [2.24, 2.45) is 0 Å². The van der Waals surface area contributed by atoms with E-state index in [2.05, 4.69) is 13.0 Å². The van der Waals surface area contributed by atoms with Crippen LogP contribution in [-0.2, 0) is 0 Å². The normalized spacial score (nSPS) is 30.3. The maximum Gasteiger partial charge on any atom is 0.0862 e. The van der Waals surface area contributed by atoms with E-state index >= 15 is 0 Å². The lowest BCUT2D eigenvalue weighted by Gasteiger charge is -2.24. The van der Waals surface area contributed by atoms with Crippen LogP contribution >= 0.6 is 0 Å². The topological polar surface area (TPSA) is 20.2 Å². The molecule has 1 unspecified atom stereocenters. The summed E-state index contributed by atoms with van der Waals surface area (Å²) in [4.78, 5) is 0. The van der Waals surface area contributed by atoms with E-state index in [0.29, 0.717) is 0 Å². The Bertz CT molecular complexity index is 191. The maximum absolute atomic E-state index is 9.76. The summed E-state index contributed by atoms with van der Waals surface area (Å²) < 4.78 is 0. The second-order valence-corrected chi connectivity index (χ2v) is 3.13. The van der Waals surface area contributed by atoms with Gasteiger partial charge in [-0.15, -0.1) is 0 Å². The first kappa shape index (κ1) is 8.54. The van der Waals surface area contributed by atoms with Gasteiger partial charge in [0.15, 0.2) is 0 Å². The van der Waals surface area contributed by atoms with Crippen molar-refractivity contribution in [3.05, 3.63) is 23.8 Å². The van der Waals surface area contributed by atoms with Gasteiger partial charge in [0.2, 0.25) is 0 Å². The number of rotatable bonds is 2. The summed E-state index contributed by atoms with van der Waals surface area (Å²) in [6, 6.07) is 0. The van der Waals surface area contributed by atoms with Crippen LogP contribution in [0.5, 0.6) is 0 Å². The van der Waals surface area contributed by atoms with Crippen molar-refractivity contribution in [1.82, 2.24) is 0 Å². The lowest BCUT2D eigenvalue weighted by molar-refractivity contribution is 0.0884. The van der Waals surface area contributed by atoms with E-state index in [9.17, 15) is 5.11 Å². The molecule has 0 saturated carbocycles. The zero-order valence-corrected chi connectivity index (χ0v) is 7.30. The average molecular weight is 152 g/mol. The summed E-state index contributed by atoms with van der Waals surface area (Å²) in [6.45, 7) is 4.14. The van der Waals surface area contributed by atoms with E-state index in [1.165, 1.54) is 5.57 Å². The Morgan fingerprint density at radius 3 is 2.64 bits per heavy atom. The van der Waals surface area contributed by atoms with Crippen molar-refractivity contribution in [3.63, 3.8) is 0 Å². The molecule has 11 heavy (non-hydrogen) atoms. The maximum atomic E-state index is 9.76. The van der Waals surface area contributed by atoms with Crippen molar-refractivity contribution in [2.45, 2.75) is 38.7 Å². The van der Waals surface area contributed by atoms with E-state index in [4.69, 9.17) is 0 Å². The molecule has 0 heterocycles. The Kier molecular flexibility index (Phi) is 2.50. The molecule has 1 aliphatic carbocycles. The van der Waals surface area contributed by atoms with Gasteiger partial charge < -0.3 is 5.11 Å². The van der Waals surface area contributed by atoms with Gasteiger partial charge in [-0.25, -0.2) is 0 Å². The Labute approximate surface area is 68.4 Å². The van der Waals surface area contributed by atoms with E-state index in [1.807, 2.05) is 19.1 Å². The molecule has 62 valence electrons. The van der Waals surface area contributed by atoms with E-state index in [0.717, 1.165) is 19.3 Å². The highest BCUT2D eigenvalue weighted by molar-refractivity contribution is 5.27. The first-order chi connectivity index (χ1) is 5.20. The van der Waals surface area contributed by atoms with Crippen LogP contribution in [0.25, 0.3) is 0 Å². The third-order valence-corrected chi connectivity index (χ3v) is 2.35. The molecule has 0 aromatic carbocycles. The van der Waals surface area contributed by atoms with Gasteiger partial charge in [-0.1, -0.05) is 37.6 Å². The van der Waals surface area contributed by atoms with Crippen molar-refractivity contribution >= 4 is 0 Å². The zero-order chi connectivity index (χ0) is 8.32. The molecule has 0 aromatic heterocycles. The van der Waals surface area contributed by atoms with Crippen LogP contribution in [0.15, 0.2) is 23.8 Å². The van der Waals surface area contributed by atoms with Gasteiger partial charge in [0, 0.05) is 0 Å². The van der Waals surface area contributed by atoms with Crippen molar-refractivity contribution < 1.29 is 5.11 Å². The van der Waals surface area contributed by atoms with E-state index < -0.39 is 5.60 Å². The fraction of sp³-hybridized carbons (Fsp3) is 0.600. The third kappa shape index (κ3) is 1.93. The first-order valence-corrected chi connectivity index (χ1v) is 4.31. The molecular weight excluding hydrogens is 136 g/mol. The molecule has 0 radical (unpaired) electrons. The largest absolute Gasteiger partial charge is 0.385 e. The summed E-state index contributed by atoms with van der Waals surface area (Å²) >= 11 is 0. The summed E-state index contributed by atoms with van der Waals surface area (Å²) in [5, 5.41) is 9.76. The van der Waals surface area contributed by atoms with Gasteiger partial charge >= 0.3 is 0 Å². The van der Waals surface area contributed by atoms with Crippen molar-refractivity contribution in [2.75, 3.05) is 0 Å². The highest BCUT2D eigenvalue weighted by atomic mass is 16.3. The molecule has 0 aromatic rings. The van der Waals surface area contributed by atoms with Crippen LogP contribution < -0.4 is 0 Å². The zero-order valence-electron chi connectivity index (χ0n) is 7.30. The SMILES string of the molecule is CCC1=CCC(O)(CC)C=C1. The predicted octanol–water partition coefficient (Wildman–Crippen LogP) is 2.42.